The molecule has 0 radical (unpaired) electrons. The van der Waals surface area contributed by atoms with Crippen LogP contribution < -0.4 is 5.73 Å². The quantitative estimate of drug-likeness (QED) is 0.493. The average Bonchev–Trinajstić information content (AvgIpc) is 1.98. The third-order valence-electron chi connectivity index (χ3n) is 1.80. The van der Waals surface area contributed by atoms with Crippen molar-refractivity contribution >= 4 is 22.9 Å². The molecule has 1 unspecified atom stereocenters. The summed E-state index contributed by atoms with van der Waals surface area (Å²) in [7, 11) is 0. The molecule has 0 rings (SSSR count). The maximum Gasteiger partial charge on any atom is 0.0727 e. The van der Waals surface area contributed by atoms with Crippen molar-refractivity contribution in [2.45, 2.75) is 33.1 Å². The molecule has 0 aliphatic carbocycles. The van der Waals surface area contributed by atoms with Gasteiger partial charge in [-0.05, 0) is 25.2 Å². The number of hydrogen-bond acceptors (Lipinski definition) is 2. The lowest BCUT2D eigenvalue weighted by Gasteiger charge is -2.09. The highest BCUT2D eigenvalue weighted by molar-refractivity contribution is 7.80. The second-order valence-electron chi connectivity index (χ2n) is 2.78. The van der Waals surface area contributed by atoms with E-state index in [1.165, 1.54) is 0 Å². The van der Waals surface area contributed by atoms with Crippen LogP contribution in [0.1, 0.15) is 33.1 Å². The predicted molar refractivity (Wildman–Crippen MR) is 53.2 cm³/mol. The fourth-order valence-corrected chi connectivity index (χ4v) is 0.999. The molecule has 0 aliphatic rings. The Labute approximate surface area is 73.7 Å². The minimum atomic E-state index is 0.335. The summed E-state index contributed by atoms with van der Waals surface area (Å²) in [5.74, 6) is 0.335. The zero-order valence-electron chi connectivity index (χ0n) is 7.18. The standard InChI is InChI=1S/C8H16N2S/c1-3-7(9)6(2)4-5-8(10)11/h6,9H,3-5H2,1-2H3,(H2,10,11). The number of nitrogens with two attached hydrogens (primary N) is 1. The van der Waals surface area contributed by atoms with Crippen LogP contribution in [-0.4, -0.2) is 10.7 Å². The van der Waals surface area contributed by atoms with E-state index < -0.39 is 0 Å². The Kier molecular flexibility index (Phi) is 5.03. The lowest BCUT2D eigenvalue weighted by molar-refractivity contribution is 0.692. The van der Waals surface area contributed by atoms with Gasteiger partial charge in [0, 0.05) is 5.71 Å². The summed E-state index contributed by atoms with van der Waals surface area (Å²) in [6, 6.07) is 0. The molecule has 0 saturated heterocycles. The van der Waals surface area contributed by atoms with Crippen LogP contribution in [0.2, 0.25) is 0 Å². The monoisotopic (exact) mass is 172 g/mol. The van der Waals surface area contributed by atoms with Gasteiger partial charge in [-0.2, -0.15) is 0 Å². The van der Waals surface area contributed by atoms with E-state index in [2.05, 4.69) is 0 Å². The van der Waals surface area contributed by atoms with Crippen LogP contribution in [0.15, 0.2) is 0 Å². The van der Waals surface area contributed by atoms with E-state index in [1.54, 1.807) is 0 Å². The van der Waals surface area contributed by atoms with Crippen molar-refractivity contribution in [2.75, 3.05) is 0 Å². The Morgan fingerprint density at radius 3 is 2.55 bits per heavy atom. The molecule has 0 aromatic carbocycles. The van der Waals surface area contributed by atoms with Crippen molar-refractivity contribution in [3.05, 3.63) is 0 Å². The second-order valence-corrected chi connectivity index (χ2v) is 3.31. The fourth-order valence-electron chi connectivity index (χ4n) is 0.881. The number of thiocarbonyl (C=S) groups is 1. The summed E-state index contributed by atoms with van der Waals surface area (Å²) in [5.41, 5.74) is 6.14. The molecule has 3 heteroatoms. The van der Waals surface area contributed by atoms with Crippen LogP contribution in [0.4, 0.5) is 0 Å². The van der Waals surface area contributed by atoms with Gasteiger partial charge in [0.15, 0.2) is 0 Å². The van der Waals surface area contributed by atoms with Crippen molar-refractivity contribution in [3.63, 3.8) is 0 Å². The summed E-state index contributed by atoms with van der Waals surface area (Å²) in [6.45, 7) is 4.05. The first kappa shape index (κ1) is 10.6. The van der Waals surface area contributed by atoms with E-state index in [0.717, 1.165) is 25.0 Å². The summed E-state index contributed by atoms with van der Waals surface area (Å²) in [6.07, 6.45) is 2.51. The molecule has 0 aromatic heterocycles. The van der Waals surface area contributed by atoms with Gasteiger partial charge in [-0.25, -0.2) is 0 Å². The Hall–Kier alpha value is -0.440. The summed E-state index contributed by atoms with van der Waals surface area (Å²) < 4.78 is 0. The highest BCUT2D eigenvalue weighted by Crippen LogP contribution is 2.08. The smallest absolute Gasteiger partial charge is 0.0727 e. The van der Waals surface area contributed by atoms with E-state index in [4.69, 9.17) is 23.4 Å². The van der Waals surface area contributed by atoms with Gasteiger partial charge < -0.3 is 11.1 Å². The molecular weight excluding hydrogens is 156 g/mol. The maximum absolute atomic E-state index is 7.50. The minimum Gasteiger partial charge on any atom is -0.393 e. The van der Waals surface area contributed by atoms with Crippen molar-refractivity contribution < 1.29 is 0 Å². The van der Waals surface area contributed by atoms with Gasteiger partial charge in [-0.1, -0.05) is 26.1 Å². The van der Waals surface area contributed by atoms with Gasteiger partial charge in [0.2, 0.25) is 0 Å². The summed E-state index contributed by atoms with van der Waals surface area (Å²) in [5, 5.41) is 7.50. The van der Waals surface area contributed by atoms with Crippen LogP contribution in [0, 0.1) is 11.3 Å². The Balaban J connectivity index is 3.60. The lowest BCUT2D eigenvalue weighted by atomic mass is 9.98. The van der Waals surface area contributed by atoms with Gasteiger partial charge in [0.05, 0.1) is 4.99 Å². The molecule has 0 amide bonds. The summed E-state index contributed by atoms with van der Waals surface area (Å²) in [4.78, 5) is 0.556. The fraction of sp³-hybridized carbons (Fsp3) is 0.750. The van der Waals surface area contributed by atoms with E-state index in [0.29, 0.717) is 10.9 Å². The van der Waals surface area contributed by atoms with Gasteiger partial charge in [-0.3, -0.25) is 0 Å². The van der Waals surface area contributed by atoms with Crippen LogP contribution >= 0.6 is 12.2 Å². The molecule has 0 spiro atoms. The highest BCUT2D eigenvalue weighted by Gasteiger charge is 2.06. The number of hydrogen-bond donors (Lipinski definition) is 2. The van der Waals surface area contributed by atoms with E-state index in [-0.39, 0.29) is 0 Å². The SMILES string of the molecule is CCC(=N)C(C)CCC(N)=S. The lowest BCUT2D eigenvalue weighted by Crippen LogP contribution is -2.13. The van der Waals surface area contributed by atoms with Crippen LogP contribution in [0.25, 0.3) is 0 Å². The number of rotatable bonds is 5. The molecule has 2 nitrogen and oxygen atoms in total. The first-order valence-electron chi connectivity index (χ1n) is 3.93. The third-order valence-corrected chi connectivity index (χ3v) is 2.00. The summed E-state index contributed by atoms with van der Waals surface area (Å²) >= 11 is 4.74. The van der Waals surface area contributed by atoms with E-state index in [1.807, 2.05) is 13.8 Å². The molecule has 0 saturated carbocycles. The van der Waals surface area contributed by atoms with Gasteiger partial charge in [-0.15, -0.1) is 0 Å². The first-order valence-corrected chi connectivity index (χ1v) is 4.34. The zero-order chi connectivity index (χ0) is 8.85. The molecule has 3 N–H and O–H groups in total. The third kappa shape index (κ3) is 4.90. The molecule has 0 bridgehead atoms. The Morgan fingerprint density at radius 2 is 2.18 bits per heavy atom. The Bertz CT molecular complexity index is 154. The molecule has 0 aliphatic heterocycles. The zero-order valence-corrected chi connectivity index (χ0v) is 8.00. The van der Waals surface area contributed by atoms with E-state index in [9.17, 15) is 0 Å². The maximum atomic E-state index is 7.50. The van der Waals surface area contributed by atoms with Crippen molar-refractivity contribution in [3.8, 4) is 0 Å². The molecule has 0 fully saturated rings. The molecule has 0 aromatic rings. The van der Waals surface area contributed by atoms with Gasteiger partial charge >= 0.3 is 0 Å². The molecule has 1 atom stereocenters. The van der Waals surface area contributed by atoms with E-state index >= 15 is 0 Å². The topological polar surface area (TPSA) is 49.9 Å². The van der Waals surface area contributed by atoms with Crippen LogP contribution in [-0.2, 0) is 0 Å². The number of nitrogens with one attached hydrogen (secondary N) is 1. The predicted octanol–water partition coefficient (Wildman–Crippen LogP) is 2.12. The molecule has 64 valence electrons. The average molecular weight is 172 g/mol. The van der Waals surface area contributed by atoms with Gasteiger partial charge in [0.25, 0.3) is 0 Å². The van der Waals surface area contributed by atoms with Crippen molar-refractivity contribution in [1.29, 1.82) is 5.41 Å². The van der Waals surface area contributed by atoms with Crippen molar-refractivity contribution in [2.24, 2.45) is 11.7 Å². The first-order chi connectivity index (χ1) is 5.07. The largest absolute Gasteiger partial charge is 0.393 e. The highest BCUT2D eigenvalue weighted by atomic mass is 32.1. The molecular formula is C8H16N2S. The van der Waals surface area contributed by atoms with Crippen molar-refractivity contribution in [1.82, 2.24) is 0 Å². The molecule has 0 heterocycles. The van der Waals surface area contributed by atoms with Gasteiger partial charge in [0.1, 0.15) is 0 Å². The van der Waals surface area contributed by atoms with Crippen LogP contribution in [0.5, 0.6) is 0 Å². The normalized spacial score (nSPS) is 12.5. The minimum absolute atomic E-state index is 0.335. The van der Waals surface area contributed by atoms with Crippen LogP contribution in [0.3, 0.4) is 0 Å². The Morgan fingerprint density at radius 1 is 1.64 bits per heavy atom. The molecule has 11 heavy (non-hydrogen) atoms. The second kappa shape index (κ2) is 5.24.